The highest BCUT2D eigenvalue weighted by atomic mass is 16.4. The van der Waals surface area contributed by atoms with Gasteiger partial charge in [0.15, 0.2) is 0 Å². The summed E-state index contributed by atoms with van der Waals surface area (Å²) in [5, 5.41) is 9.10. The van der Waals surface area contributed by atoms with Crippen LogP contribution in [0.3, 0.4) is 0 Å². The molecule has 102 valence electrons. The number of hydrogen-bond acceptors (Lipinski definition) is 3. The third kappa shape index (κ3) is 2.00. The maximum atomic E-state index is 12.6. The molecule has 1 saturated carbocycles. The Balaban J connectivity index is 2.10. The highest BCUT2D eigenvalue weighted by Gasteiger charge is 2.48. The minimum atomic E-state index is -1.25. The number of aliphatic carboxylic acids is 1. The zero-order chi connectivity index (χ0) is 13.4. The van der Waals surface area contributed by atoms with Gasteiger partial charge in [-0.2, -0.15) is 0 Å². The summed E-state index contributed by atoms with van der Waals surface area (Å²) in [6, 6.07) is 0. The fourth-order valence-corrected chi connectivity index (χ4v) is 3.29. The molecule has 5 heteroatoms. The molecular formula is C13H22N2O3. The van der Waals surface area contributed by atoms with Gasteiger partial charge < -0.3 is 15.7 Å². The SMILES string of the molecule is CCC1(C(=O)N2CCC(N)(C(=O)O)C2)CCCC1. The van der Waals surface area contributed by atoms with Crippen LogP contribution in [0.25, 0.3) is 0 Å². The van der Waals surface area contributed by atoms with Crippen molar-refractivity contribution in [2.75, 3.05) is 13.1 Å². The van der Waals surface area contributed by atoms with Crippen molar-refractivity contribution in [2.24, 2.45) is 11.1 Å². The fraction of sp³-hybridized carbons (Fsp3) is 0.846. The number of hydrogen-bond donors (Lipinski definition) is 2. The number of carbonyl (C=O) groups excluding carboxylic acids is 1. The molecule has 0 aromatic carbocycles. The van der Waals surface area contributed by atoms with Crippen molar-refractivity contribution < 1.29 is 14.7 Å². The van der Waals surface area contributed by atoms with E-state index in [9.17, 15) is 9.59 Å². The summed E-state index contributed by atoms with van der Waals surface area (Å²) < 4.78 is 0. The molecular weight excluding hydrogens is 232 g/mol. The van der Waals surface area contributed by atoms with Crippen LogP contribution in [0.5, 0.6) is 0 Å². The van der Waals surface area contributed by atoms with Gasteiger partial charge in [0.1, 0.15) is 5.54 Å². The monoisotopic (exact) mass is 254 g/mol. The minimum Gasteiger partial charge on any atom is -0.480 e. The third-order valence-electron chi connectivity index (χ3n) is 4.71. The Labute approximate surface area is 107 Å². The molecule has 0 aromatic heterocycles. The van der Waals surface area contributed by atoms with Gasteiger partial charge in [0.2, 0.25) is 5.91 Å². The van der Waals surface area contributed by atoms with Gasteiger partial charge in [0.25, 0.3) is 0 Å². The van der Waals surface area contributed by atoms with Gasteiger partial charge in [-0.1, -0.05) is 19.8 Å². The lowest BCUT2D eigenvalue weighted by molar-refractivity contribution is -0.144. The zero-order valence-electron chi connectivity index (χ0n) is 10.9. The lowest BCUT2D eigenvalue weighted by atomic mass is 9.82. The van der Waals surface area contributed by atoms with Crippen molar-refractivity contribution in [2.45, 2.75) is 51.0 Å². The van der Waals surface area contributed by atoms with E-state index in [0.29, 0.717) is 13.0 Å². The molecule has 1 amide bonds. The average Bonchev–Trinajstić information content (AvgIpc) is 2.96. The Morgan fingerprint density at radius 2 is 1.89 bits per heavy atom. The molecule has 1 aliphatic heterocycles. The fourth-order valence-electron chi connectivity index (χ4n) is 3.29. The number of carboxylic acid groups (broad SMARTS) is 1. The maximum absolute atomic E-state index is 12.6. The summed E-state index contributed by atoms with van der Waals surface area (Å²) in [5.41, 5.74) is 4.33. The van der Waals surface area contributed by atoms with Gasteiger partial charge in [0.05, 0.1) is 0 Å². The normalized spacial score (nSPS) is 30.7. The summed E-state index contributed by atoms with van der Waals surface area (Å²) in [6.07, 6.45) is 5.26. The molecule has 18 heavy (non-hydrogen) atoms. The van der Waals surface area contributed by atoms with Gasteiger partial charge in [-0.25, -0.2) is 0 Å². The van der Waals surface area contributed by atoms with Gasteiger partial charge in [-0.3, -0.25) is 9.59 Å². The molecule has 2 fully saturated rings. The number of nitrogens with two attached hydrogens (primary N) is 1. The molecule has 3 N–H and O–H groups in total. The van der Waals surface area contributed by atoms with Gasteiger partial charge in [-0.05, 0) is 25.7 Å². The number of nitrogens with zero attached hydrogens (tertiary/aromatic N) is 1. The number of amides is 1. The predicted molar refractivity (Wildman–Crippen MR) is 66.9 cm³/mol. The highest BCUT2D eigenvalue weighted by Crippen LogP contribution is 2.43. The van der Waals surface area contributed by atoms with E-state index in [1.807, 2.05) is 6.92 Å². The molecule has 0 bridgehead atoms. The number of carboxylic acids is 1. The Kier molecular flexibility index (Phi) is 3.36. The van der Waals surface area contributed by atoms with Crippen LogP contribution in [0.4, 0.5) is 0 Å². The van der Waals surface area contributed by atoms with E-state index >= 15 is 0 Å². The van der Waals surface area contributed by atoms with Gasteiger partial charge >= 0.3 is 5.97 Å². The molecule has 0 spiro atoms. The first-order chi connectivity index (χ1) is 8.43. The van der Waals surface area contributed by atoms with E-state index in [-0.39, 0.29) is 17.9 Å². The van der Waals surface area contributed by atoms with Crippen LogP contribution in [0.1, 0.15) is 45.4 Å². The number of likely N-dealkylation sites (tertiary alicyclic amines) is 1. The molecule has 1 heterocycles. The van der Waals surface area contributed by atoms with Crippen LogP contribution >= 0.6 is 0 Å². The minimum absolute atomic E-state index is 0.121. The van der Waals surface area contributed by atoms with Crippen molar-refractivity contribution in [3.8, 4) is 0 Å². The van der Waals surface area contributed by atoms with Crippen LogP contribution in [0.15, 0.2) is 0 Å². The first-order valence-corrected chi connectivity index (χ1v) is 6.75. The van der Waals surface area contributed by atoms with Crippen molar-refractivity contribution in [1.29, 1.82) is 0 Å². The third-order valence-corrected chi connectivity index (χ3v) is 4.71. The quantitative estimate of drug-likeness (QED) is 0.786. The van der Waals surface area contributed by atoms with Crippen LogP contribution in [-0.2, 0) is 9.59 Å². The summed E-state index contributed by atoms with van der Waals surface area (Å²) >= 11 is 0. The number of carbonyl (C=O) groups is 2. The van der Waals surface area contributed by atoms with Crippen molar-refractivity contribution in [1.82, 2.24) is 4.90 Å². The van der Waals surface area contributed by atoms with Crippen LogP contribution < -0.4 is 5.73 Å². The summed E-state index contributed by atoms with van der Waals surface area (Å²) in [5.74, 6) is -0.883. The highest BCUT2D eigenvalue weighted by molar-refractivity contribution is 5.86. The largest absolute Gasteiger partial charge is 0.480 e. The average molecular weight is 254 g/mol. The van der Waals surface area contributed by atoms with Crippen LogP contribution in [0, 0.1) is 5.41 Å². The topological polar surface area (TPSA) is 83.6 Å². The van der Waals surface area contributed by atoms with Crippen LogP contribution in [-0.4, -0.2) is 40.5 Å². The summed E-state index contributed by atoms with van der Waals surface area (Å²) in [4.78, 5) is 25.4. The second-order valence-corrected chi connectivity index (χ2v) is 5.78. The van der Waals surface area contributed by atoms with Gasteiger partial charge in [0, 0.05) is 18.5 Å². The Bertz CT molecular complexity index is 363. The molecule has 1 aliphatic carbocycles. The Hall–Kier alpha value is -1.10. The summed E-state index contributed by atoms with van der Waals surface area (Å²) in [6.45, 7) is 2.68. The molecule has 1 saturated heterocycles. The molecule has 2 aliphatic rings. The maximum Gasteiger partial charge on any atom is 0.325 e. The number of rotatable bonds is 3. The van der Waals surface area contributed by atoms with Gasteiger partial charge in [-0.15, -0.1) is 0 Å². The molecule has 0 radical (unpaired) electrons. The van der Waals surface area contributed by atoms with Crippen LogP contribution in [0.2, 0.25) is 0 Å². The molecule has 1 unspecified atom stereocenters. The lowest BCUT2D eigenvalue weighted by Gasteiger charge is -2.32. The standard InChI is InChI=1S/C13H22N2O3/c1-2-12(5-3-4-6-12)10(16)15-8-7-13(14,9-15)11(17)18/h2-9,14H2,1H3,(H,17,18). The second-order valence-electron chi connectivity index (χ2n) is 5.78. The first-order valence-electron chi connectivity index (χ1n) is 6.75. The molecule has 2 rings (SSSR count). The molecule has 5 nitrogen and oxygen atoms in total. The van der Waals surface area contributed by atoms with Crippen molar-refractivity contribution in [3.05, 3.63) is 0 Å². The zero-order valence-corrected chi connectivity index (χ0v) is 10.9. The second kappa shape index (κ2) is 4.53. The predicted octanol–water partition coefficient (Wildman–Crippen LogP) is 0.971. The Morgan fingerprint density at radius 3 is 2.33 bits per heavy atom. The smallest absolute Gasteiger partial charge is 0.325 e. The Morgan fingerprint density at radius 1 is 1.28 bits per heavy atom. The van der Waals surface area contributed by atoms with E-state index in [2.05, 4.69) is 0 Å². The lowest BCUT2D eigenvalue weighted by Crippen LogP contribution is -2.52. The molecule has 0 aromatic rings. The van der Waals surface area contributed by atoms with Crippen molar-refractivity contribution in [3.63, 3.8) is 0 Å². The summed E-state index contributed by atoms with van der Waals surface area (Å²) in [7, 11) is 0. The van der Waals surface area contributed by atoms with E-state index in [0.717, 1.165) is 32.1 Å². The molecule has 1 atom stereocenters. The van der Waals surface area contributed by atoms with E-state index < -0.39 is 11.5 Å². The van der Waals surface area contributed by atoms with E-state index in [1.54, 1.807) is 4.90 Å². The van der Waals surface area contributed by atoms with Crippen molar-refractivity contribution >= 4 is 11.9 Å². The first kappa shape index (κ1) is 13.3. The van der Waals surface area contributed by atoms with E-state index in [4.69, 9.17) is 10.8 Å². The van der Waals surface area contributed by atoms with E-state index in [1.165, 1.54) is 0 Å².